The molecule has 0 amide bonds. The Hall–Kier alpha value is -1.76. The Morgan fingerprint density at radius 2 is 1.75 bits per heavy atom. The summed E-state index contributed by atoms with van der Waals surface area (Å²) in [6.07, 6.45) is -12.3. The highest BCUT2D eigenvalue weighted by Crippen LogP contribution is 2.66. The summed E-state index contributed by atoms with van der Waals surface area (Å²) in [7, 11) is 3.77. The molecule has 5 rings (SSSR count). The predicted octanol–water partition coefficient (Wildman–Crippen LogP) is -1.90. The van der Waals surface area contributed by atoms with Gasteiger partial charge in [0.15, 0.2) is 24.5 Å². The molecule has 0 aromatic carbocycles. The van der Waals surface area contributed by atoms with Crippen molar-refractivity contribution in [3.63, 3.8) is 0 Å². The number of hydrogen-bond acceptors (Lipinski definition) is 15. The minimum atomic E-state index is -2.40. The second-order valence-electron chi connectivity index (χ2n) is 12.9. The van der Waals surface area contributed by atoms with Gasteiger partial charge < -0.3 is 63.8 Å². The summed E-state index contributed by atoms with van der Waals surface area (Å²) >= 11 is 0. The molecule has 0 aromatic heterocycles. The van der Waals surface area contributed by atoms with Crippen molar-refractivity contribution in [3.05, 3.63) is 11.6 Å². The number of methoxy groups -OCH3 is 3. The summed E-state index contributed by atoms with van der Waals surface area (Å²) in [5.41, 5.74) is -4.06. The van der Waals surface area contributed by atoms with Gasteiger partial charge in [0.2, 0.25) is 0 Å². The molecule has 44 heavy (non-hydrogen) atoms. The van der Waals surface area contributed by atoms with Crippen molar-refractivity contribution in [2.45, 2.75) is 107 Å². The average molecular weight is 633 g/mol. The zero-order valence-electron chi connectivity index (χ0n) is 25.4. The topological polar surface area (TPSA) is 220 Å². The number of carbonyl (C=O) groups is 2. The van der Waals surface area contributed by atoms with E-state index in [9.17, 15) is 40.2 Å². The molecular formula is C29H44O15. The van der Waals surface area contributed by atoms with Gasteiger partial charge in [0.05, 0.1) is 25.7 Å². The van der Waals surface area contributed by atoms with Crippen LogP contribution >= 0.6 is 0 Å². The highest BCUT2D eigenvalue weighted by molar-refractivity contribution is 5.91. The highest BCUT2D eigenvalue weighted by atomic mass is 16.8. The molecule has 5 aliphatic rings. The quantitative estimate of drug-likeness (QED) is 0.153. The van der Waals surface area contributed by atoms with Crippen LogP contribution in [0.5, 0.6) is 0 Å². The smallest absolute Gasteiger partial charge is 0.334 e. The highest BCUT2D eigenvalue weighted by Gasteiger charge is 2.70. The van der Waals surface area contributed by atoms with Crippen LogP contribution < -0.4 is 0 Å². The van der Waals surface area contributed by atoms with Gasteiger partial charge in [0.25, 0.3) is 0 Å². The molecule has 3 aliphatic heterocycles. The van der Waals surface area contributed by atoms with Crippen molar-refractivity contribution < 1.29 is 73.4 Å². The Balaban J connectivity index is 1.60. The Morgan fingerprint density at radius 1 is 1.05 bits per heavy atom. The molecule has 0 aromatic rings. The fourth-order valence-electron chi connectivity index (χ4n) is 8.44. The van der Waals surface area contributed by atoms with Gasteiger partial charge in [-0.3, -0.25) is 4.79 Å². The third kappa shape index (κ3) is 4.83. The largest absolute Gasteiger partial charge is 0.466 e. The van der Waals surface area contributed by atoms with Gasteiger partial charge in [-0.1, -0.05) is 19.9 Å². The summed E-state index contributed by atoms with van der Waals surface area (Å²) in [6, 6.07) is 0. The molecule has 2 aliphatic carbocycles. The van der Waals surface area contributed by atoms with Crippen molar-refractivity contribution in [2.24, 2.45) is 22.7 Å². The monoisotopic (exact) mass is 632 g/mol. The van der Waals surface area contributed by atoms with Gasteiger partial charge in [0.1, 0.15) is 36.6 Å². The van der Waals surface area contributed by atoms with Crippen LogP contribution in [0.4, 0.5) is 0 Å². The first-order chi connectivity index (χ1) is 20.7. The molecule has 15 nitrogen and oxygen atoms in total. The lowest BCUT2D eigenvalue weighted by Gasteiger charge is -2.57. The van der Waals surface area contributed by atoms with Crippen LogP contribution in [0, 0.1) is 22.7 Å². The van der Waals surface area contributed by atoms with E-state index >= 15 is 0 Å². The third-order valence-electron chi connectivity index (χ3n) is 10.9. The number of aliphatic hydroxyl groups is 6. The van der Waals surface area contributed by atoms with Crippen LogP contribution in [-0.4, -0.2) is 138 Å². The average Bonchev–Trinajstić information content (AvgIpc) is 3.52. The summed E-state index contributed by atoms with van der Waals surface area (Å²) in [5.74, 6) is -2.13. The van der Waals surface area contributed by atoms with E-state index in [-0.39, 0.29) is 12.8 Å². The van der Waals surface area contributed by atoms with Crippen LogP contribution in [-0.2, 0) is 42.7 Å². The molecule has 15 heteroatoms. The number of carbonyl (C=O) groups excluding carboxylic acids is 2. The molecule has 1 saturated carbocycles. The molecule has 4 fully saturated rings. The van der Waals surface area contributed by atoms with E-state index in [1.807, 2.05) is 13.8 Å². The number of ether oxygens (including phenoxy) is 7. The second kappa shape index (κ2) is 12.1. The fourth-order valence-corrected chi connectivity index (χ4v) is 8.44. The predicted molar refractivity (Wildman–Crippen MR) is 144 cm³/mol. The zero-order chi connectivity index (χ0) is 32.4. The standard InChI is InChI=1S/C29H44O15/c1-27(13-9-16(42-23(13)36)28(2)12(22(35)38-3)7-6-8-15(27)28)10-17(29(37)21(34)25(39-4)44-26(29)40-5)43-24-20(33)19(32)18(31)14(11-30)41-24/h7,13-21,24-26,30-34,37H,6,8-11H2,1-5H3/t13-,14+,15-,16-,17?,18+,19-,20+,21?,24-,25?,26?,27+,28-,29?/m0/s1. The molecule has 0 radical (unpaired) electrons. The summed E-state index contributed by atoms with van der Waals surface area (Å²) in [6.45, 7) is 2.95. The van der Waals surface area contributed by atoms with E-state index < -0.39 is 108 Å². The maximum absolute atomic E-state index is 13.4. The molecule has 5 unspecified atom stereocenters. The van der Waals surface area contributed by atoms with Crippen LogP contribution in [0.2, 0.25) is 0 Å². The second-order valence-corrected chi connectivity index (χ2v) is 12.9. The Bertz CT molecular complexity index is 1130. The molecule has 6 N–H and O–H groups in total. The van der Waals surface area contributed by atoms with Gasteiger partial charge in [0, 0.05) is 25.2 Å². The molecule has 2 bridgehead atoms. The van der Waals surface area contributed by atoms with Crippen molar-refractivity contribution in [1.82, 2.24) is 0 Å². The van der Waals surface area contributed by atoms with Crippen LogP contribution in [0.25, 0.3) is 0 Å². The lowest BCUT2D eigenvalue weighted by atomic mass is 9.46. The number of esters is 2. The third-order valence-corrected chi connectivity index (χ3v) is 10.9. The van der Waals surface area contributed by atoms with Gasteiger partial charge in [-0.25, -0.2) is 4.79 Å². The van der Waals surface area contributed by atoms with Crippen LogP contribution in [0.1, 0.15) is 39.5 Å². The van der Waals surface area contributed by atoms with Gasteiger partial charge in [-0.15, -0.1) is 0 Å². The van der Waals surface area contributed by atoms with Crippen molar-refractivity contribution in [2.75, 3.05) is 27.9 Å². The summed E-state index contributed by atoms with van der Waals surface area (Å²) in [4.78, 5) is 26.4. The molecule has 15 atom stereocenters. The Morgan fingerprint density at radius 3 is 2.36 bits per heavy atom. The first-order valence-electron chi connectivity index (χ1n) is 14.8. The normalized spacial score (nSPS) is 49.2. The van der Waals surface area contributed by atoms with Gasteiger partial charge in [-0.2, -0.15) is 0 Å². The summed E-state index contributed by atoms with van der Waals surface area (Å²) < 4.78 is 39.1. The first kappa shape index (κ1) is 33.6. The van der Waals surface area contributed by atoms with E-state index in [4.69, 9.17) is 33.2 Å². The van der Waals surface area contributed by atoms with E-state index in [1.165, 1.54) is 21.3 Å². The number of hydrogen-bond donors (Lipinski definition) is 6. The maximum Gasteiger partial charge on any atom is 0.334 e. The van der Waals surface area contributed by atoms with Crippen molar-refractivity contribution in [1.29, 1.82) is 0 Å². The SMILES string of the molecule is COC(=O)C1=CCC[C@H]2[C@](C)(CC(O[C@@H]3O[C@H](CO)[C@@H](O)[C@H](O)[C@H]3O)C3(O)C(OC)OC(OC)C3O)[C@H]3C[C@H](OC3=O)[C@@]12C. The first-order valence-corrected chi connectivity index (χ1v) is 14.8. The number of aliphatic hydroxyl groups excluding tert-OH is 5. The van der Waals surface area contributed by atoms with Gasteiger partial charge >= 0.3 is 11.9 Å². The molecule has 3 saturated heterocycles. The molecule has 250 valence electrons. The fraction of sp³-hybridized carbons (Fsp3) is 0.862. The molecule has 3 heterocycles. The minimum Gasteiger partial charge on any atom is -0.466 e. The summed E-state index contributed by atoms with van der Waals surface area (Å²) in [5, 5.41) is 65.0. The minimum absolute atomic E-state index is 0.184. The molecular weight excluding hydrogens is 588 g/mol. The lowest BCUT2D eigenvalue weighted by molar-refractivity contribution is -0.340. The van der Waals surface area contributed by atoms with Crippen molar-refractivity contribution in [3.8, 4) is 0 Å². The Kier molecular flexibility index (Phi) is 9.25. The number of rotatable bonds is 9. The van der Waals surface area contributed by atoms with Gasteiger partial charge in [-0.05, 0) is 37.0 Å². The maximum atomic E-state index is 13.4. The van der Waals surface area contributed by atoms with Crippen LogP contribution in [0.15, 0.2) is 11.6 Å². The lowest BCUT2D eigenvalue weighted by Crippen LogP contribution is -2.65. The van der Waals surface area contributed by atoms with E-state index in [2.05, 4.69) is 0 Å². The van der Waals surface area contributed by atoms with E-state index in [0.29, 0.717) is 18.4 Å². The number of allylic oxidation sites excluding steroid dienone is 1. The van der Waals surface area contributed by atoms with Crippen LogP contribution in [0.3, 0.4) is 0 Å². The van der Waals surface area contributed by atoms with E-state index in [1.54, 1.807) is 6.08 Å². The van der Waals surface area contributed by atoms with Crippen molar-refractivity contribution >= 4 is 11.9 Å². The Labute approximate surface area is 254 Å². The number of fused-ring (bicyclic) bond motifs is 4. The molecule has 0 spiro atoms. The van der Waals surface area contributed by atoms with E-state index in [0.717, 1.165) is 0 Å². The zero-order valence-corrected chi connectivity index (χ0v) is 25.4.